The minimum Gasteiger partial charge on any atom is -0.382 e. The summed E-state index contributed by atoms with van der Waals surface area (Å²) in [5.74, 6) is 0. The average Bonchev–Trinajstić information content (AvgIpc) is 2.26. The maximum Gasteiger partial charge on any atom is 0.0561 e. The van der Waals surface area contributed by atoms with Crippen molar-refractivity contribution in [2.75, 3.05) is 14.2 Å². The van der Waals surface area contributed by atoms with Crippen LogP contribution < -0.4 is 5.32 Å². The van der Waals surface area contributed by atoms with Crippen LogP contribution in [0.25, 0.3) is 0 Å². The minimum absolute atomic E-state index is 0.257. The van der Waals surface area contributed by atoms with Crippen molar-refractivity contribution >= 4 is 0 Å². The number of ether oxygens (including phenoxy) is 1. The Morgan fingerprint density at radius 1 is 1.57 bits per heavy atom. The number of nitrogens with zero attached hydrogens (tertiary/aromatic N) is 1. The highest BCUT2D eigenvalue weighted by atomic mass is 16.5. The summed E-state index contributed by atoms with van der Waals surface area (Å²) in [6.07, 6.45) is 4.89. The quantitative estimate of drug-likeness (QED) is 0.775. The summed E-state index contributed by atoms with van der Waals surface area (Å²) in [4.78, 5) is 4.11. The van der Waals surface area contributed by atoms with Crippen LogP contribution in [0.15, 0.2) is 24.5 Å². The van der Waals surface area contributed by atoms with Crippen LogP contribution >= 0.6 is 0 Å². The number of aromatic nitrogens is 1. The summed E-state index contributed by atoms with van der Waals surface area (Å²) in [7, 11) is 3.70. The van der Waals surface area contributed by atoms with Gasteiger partial charge in [0.1, 0.15) is 0 Å². The van der Waals surface area contributed by atoms with Crippen molar-refractivity contribution in [3.05, 3.63) is 30.1 Å². The number of rotatable bonds is 5. The molecule has 14 heavy (non-hydrogen) atoms. The zero-order chi connectivity index (χ0) is 10.4. The summed E-state index contributed by atoms with van der Waals surface area (Å²) in [6, 6.07) is 4.35. The lowest BCUT2D eigenvalue weighted by molar-refractivity contribution is 0.101. The van der Waals surface area contributed by atoms with Crippen LogP contribution in [0.1, 0.15) is 24.9 Å². The molecule has 2 unspecified atom stereocenters. The van der Waals surface area contributed by atoms with Gasteiger partial charge in [-0.15, -0.1) is 0 Å². The molecule has 0 spiro atoms. The van der Waals surface area contributed by atoms with Crippen molar-refractivity contribution in [2.24, 2.45) is 0 Å². The van der Waals surface area contributed by atoms with Crippen molar-refractivity contribution in [1.82, 2.24) is 10.3 Å². The second kappa shape index (κ2) is 5.73. The van der Waals surface area contributed by atoms with E-state index in [-0.39, 0.29) is 6.10 Å². The molecule has 1 heterocycles. The van der Waals surface area contributed by atoms with Crippen LogP contribution in [-0.2, 0) is 4.74 Å². The first-order chi connectivity index (χ1) is 6.77. The molecule has 0 aliphatic carbocycles. The van der Waals surface area contributed by atoms with E-state index < -0.39 is 0 Å². The number of methoxy groups -OCH3 is 1. The molecule has 1 aromatic heterocycles. The maximum absolute atomic E-state index is 5.24. The molecule has 0 fully saturated rings. The van der Waals surface area contributed by atoms with Crippen molar-refractivity contribution in [1.29, 1.82) is 0 Å². The van der Waals surface area contributed by atoms with Gasteiger partial charge in [0.15, 0.2) is 0 Å². The monoisotopic (exact) mass is 194 g/mol. The van der Waals surface area contributed by atoms with E-state index in [0.29, 0.717) is 6.04 Å². The van der Waals surface area contributed by atoms with E-state index in [2.05, 4.69) is 23.3 Å². The van der Waals surface area contributed by atoms with Crippen LogP contribution in [0.2, 0.25) is 0 Å². The Labute approximate surface area is 85.5 Å². The molecule has 1 rings (SSSR count). The fourth-order valence-corrected chi connectivity index (χ4v) is 1.43. The molecule has 0 aliphatic heterocycles. The predicted molar refractivity (Wildman–Crippen MR) is 57.1 cm³/mol. The summed E-state index contributed by atoms with van der Waals surface area (Å²) in [5.41, 5.74) is 1.21. The standard InChI is InChI=1S/C11H18N2O/c1-9(14-3)7-11(12-2)10-5-4-6-13-8-10/h4-6,8-9,11-12H,7H2,1-3H3. The maximum atomic E-state index is 5.24. The molecular formula is C11H18N2O. The summed E-state index contributed by atoms with van der Waals surface area (Å²) in [6.45, 7) is 2.07. The van der Waals surface area contributed by atoms with E-state index in [1.165, 1.54) is 5.56 Å². The molecule has 0 saturated heterocycles. The van der Waals surface area contributed by atoms with Gasteiger partial charge < -0.3 is 10.1 Å². The third-order valence-corrected chi connectivity index (χ3v) is 2.41. The van der Waals surface area contributed by atoms with Crippen molar-refractivity contribution in [3.8, 4) is 0 Å². The SMILES string of the molecule is CNC(CC(C)OC)c1cccnc1. The van der Waals surface area contributed by atoms with Gasteiger partial charge in [-0.05, 0) is 32.0 Å². The van der Waals surface area contributed by atoms with Gasteiger partial charge in [0.25, 0.3) is 0 Å². The number of pyridine rings is 1. The molecular weight excluding hydrogens is 176 g/mol. The van der Waals surface area contributed by atoms with Gasteiger partial charge in [-0.2, -0.15) is 0 Å². The zero-order valence-corrected chi connectivity index (χ0v) is 9.03. The molecule has 0 aliphatic rings. The molecule has 0 aromatic carbocycles. The van der Waals surface area contributed by atoms with E-state index >= 15 is 0 Å². The van der Waals surface area contributed by atoms with Crippen LogP contribution in [0.5, 0.6) is 0 Å². The van der Waals surface area contributed by atoms with Gasteiger partial charge >= 0.3 is 0 Å². The van der Waals surface area contributed by atoms with Gasteiger partial charge in [0, 0.05) is 25.5 Å². The summed E-state index contributed by atoms with van der Waals surface area (Å²) >= 11 is 0. The van der Waals surface area contributed by atoms with E-state index in [9.17, 15) is 0 Å². The van der Waals surface area contributed by atoms with Gasteiger partial charge in [-0.25, -0.2) is 0 Å². The third-order valence-electron chi connectivity index (χ3n) is 2.41. The van der Waals surface area contributed by atoms with Crippen LogP contribution in [-0.4, -0.2) is 25.2 Å². The van der Waals surface area contributed by atoms with Crippen molar-refractivity contribution in [3.63, 3.8) is 0 Å². The van der Waals surface area contributed by atoms with E-state index in [1.807, 2.05) is 19.3 Å². The molecule has 0 bridgehead atoms. The Kier molecular flexibility index (Phi) is 4.56. The first kappa shape index (κ1) is 11.1. The number of hydrogen-bond donors (Lipinski definition) is 1. The van der Waals surface area contributed by atoms with Crippen LogP contribution in [0, 0.1) is 0 Å². The van der Waals surface area contributed by atoms with Crippen molar-refractivity contribution < 1.29 is 4.74 Å². The molecule has 78 valence electrons. The van der Waals surface area contributed by atoms with Gasteiger partial charge in [-0.3, -0.25) is 4.98 Å². The Bertz CT molecular complexity index is 251. The molecule has 2 atom stereocenters. The highest BCUT2D eigenvalue weighted by Gasteiger charge is 2.12. The Hall–Kier alpha value is -0.930. The molecule has 3 nitrogen and oxygen atoms in total. The zero-order valence-electron chi connectivity index (χ0n) is 9.03. The minimum atomic E-state index is 0.257. The largest absolute Gasteiger partial charge is 0.382 e. The van der Waals surface area contributed by atoms with Crippen LogP contribution in [0.4, 0.5) is 0 Å². The lowest BCUT2D eigenvalue weighted by Crippen LogP contribution is -2.22. The topological polar surface area (TPSA) is 34.1 Å². The second-order valence-electron chi connectivity index (χ2n) is 3.41. The number of hydrogen-bond acceptors (Lipinski definition) is 3. The molecule has 0 radical (unpaired) electrons. The lowest BCUT2D eigenvalue weighted by atomic mass is 10.0. The number of nitrogens with one attached hydrogen (secondary N) is 1. The van der Waals surface area contributed by atoms with Crippen molar-refractivity contribution in [2.45, 2.75) is 25.5 Å². The Balaban J connectivity index is 2.63. The highest BCUT2D eigenvalue weighted by Crippen LogP contribution is 2.17. The fraction of sp³-hybridized carbons (Fsp3) is 0.545. The highest BCUT2D eigenvalue weighted by molar-refractivity contribution is 5.13. The van der Waals surface area contributed by atoms with E-state index in [4.69, 9.17) is 4.74 Å². The van der Waals surface area contributed by atoms with Crippen LogP contribution in [0.3, 0.4) is 0 Å². The molecule has 3 heteroatoms. The first-order valence-corrected chi connectivity index (χ1v) is 4.88. The second-order valence-corrected chi connectivity index (χ2v) is 3.41. The van der Waals surface area contributed by atoms with Gasteiger partial charge in [0.05, 0.1) is 6.10 Å². The molecule has 1 N–H and O–H groups in total. The Morgan fingerprint density at radius 3 is 2.86 bits per heavy atom. The average molecular weight is 194 g/mol. The molecule has 1 aromatic rings. The normalized spacial score (nSPS) is 15.1. The van der Waals surface area contributed by atoms with Gasteiger partial charge in [0.2, 0.25) is 0 Å². The summed E-state index contributed by atoms with van der Waals surface area (Å²) in [5, 5.41) is 3.26. The third kappa shape index (κ3) is 3.09. The smallest absolute Gasteiger partial charge is 0.0561 e. The molecule has 0 saturated carbocycles. The molecule has 0 amide bonds. The fourth-order valence-electron chi connectivity index (χ4n) is 1.43. The van der Waals surface area contributed by atoms with E-state index in [1.54, 1.807) is 13.3 Å². The summed E-state index contributed by atoms with van der Waals surface area (Å²) < 4.78 is 5.24. The first-order valence-electron chi connectivity index (χ1n) is 4.88. The Morgan fingerprint density at radius 2 is 2.36 bits per heavy atom. The lowest BCUT2D eigenvalue weighted by Gasteiger charge is -2.19. The van der Waals surface area contributed by atoms with E-state index in [0.717, 1.165) is 6.42 Å². The predicted octanol–water partition coefficient (Wildman–Crippen LogP) is 1.77. The van der Waals surface area contributed by atoms with Gasteiger partial charge in [-0.1, -0.05) is 6.07 Å².